The molecule has 0 rings (SSSR count). The molecule has 0 radical (unpaired) electrons. The average molecular weight is 335 g/mol. The van der Waals surface area contributed by atoms with E-state index in [1.54, 1.807) is 20.8 Å². The molecule has 108 valence electrons. The predicted molar refractivity (Wildman–Crippen MR) is 74.0 cm³/mol. The van der Waals surface area contributed by atoms with Crippen molar-refractivity contribution in [3.8, 4) is 0 Å². The molecule has 0 aromatic rings. The van der Waals surface area contributed by atoms with E-state index in [0.29, 0.717) is 12.8 Å². The number of halogens is 1. The van der Waals surface area contributed by atoms with E-state index in [4.69, 9.17) is 9.84 Å². The highest BCUT2D eigenvalue weighted by atomic mass is 79.9. The molecule has 1 N–H and O–H groups in total. The Morgan fingerprint density at radius 1 is 1.16 bits per heavy atom. The molecule has 0 saturated carbocycles. The Bertz CT molecular complexity index is 379. The fourth-order valence-corrected chi connectivity index (χ4v) is 1.49. The minimum atomic E-state index is -1.18. The summed E-state index contributed by atoms with van der Waals surface area (Å²) in [6, 6.07) is 0. The molecule has 0 heterocycles. The second-order valence-corrected chi connectivity index (χ2v) is 5.91. The number of esters is 1. The fraction of sp³-hybridized carbons (Fsp3) is 0.615. The number of hydrogen-bond donors (Lipinski definition) is 1. The van der Waals surface area contributed by atoms with Crippen LogP contribution < -0.4 is 0 Å². The van der Waals surface area contributed by atoms with E-state index in [1.807, 2.05) is 0 Å². The van der Waals surface area contributed by atoms with Crippen molar-refractivity contribution in [3.63, 3.8) is 0 Å². The Hall–Kier alpha value is -1.17. The summed E-state index contributed by atoms with van der Waals surface area (Å²) < 4.78 is 4.96. The standard InChI is InChI=1S/C13H19BrO5/c1-13(2,3)19-11(16)7-5-4-6-9(15)8-10(14)12(17)18/h8H,4-7H2,1-3H3,(H,17,18)/b10-8+. The van der Waals surface area contributed by atoms with E-state index >= 15 is 0 Å². The van der Waals surface area contributed by atoms with Crippen molar-refractivity contribution in [1.29, 1.82) is 0 Å². The molecule has 0 aromatic heterocycles. The van der Waals surface area contributed by atoms with E-state index in [0.717, 1.165) is 6.08 Å². The van der Waals surface area contributed by atoms with Gasteiger partial charge in [-0.3, -0.25) is 9.59 Å². The molecule has 5 nitrogen and oxygen atoms in total. The summed E-state index contributed by atoms with van der Waals surface area (Å²) in [5.41, 5.74) is -0.498. The number of carboxylic acids is 1. The summed E-state index contributed by atoms with van der Waals surface area (Å²) in [4.78, 5) is 33.2. The largest absolute Gasteiger partial charge is 0.477 e. The predicted octanol–water partition coefficient (Wildman–Crippen LogP) is 2.82. The van der Waals surface area contributed by atoms with Crippen molar-refractivity contribution in [2.45, 2.75) is 52.1 Å². The lowest BCUT2D eigenvalue weighted by molar-refractivity contribution is -0.155. The number of ketones is 1. The molecular weight excluding hydrogens is 316 g/mol. The number of hydrogen-bond acceptors (Lipinski definition) is 4. The monoisotopic (exact) mass is 334 g/mol. The van der Waals surface area contributed by atoms with Gasteiger partial charge in [0.2, 0.25) is 0 Å². The van der Waals surface area contributed by atoms with Crippen molar-refractivity contribution in [1.82, 2.24) is 0 Å². The molecule has 19 heavy (non-hydrogen) atoms. The van der Waals surface area contributed by atoms with Crippen molar-refractivity contribution >= 4 is 33.7 Å². The smallest absolute Gasteiger partial charge is 0.342 e. The van der Waals surface area contributed by atoms with Gasteiger partial charge in [0.25, 0.3) is 0 Å². The summed E-state index contributed by atoms with van der Waals surface area (Å²) in [5.74, 6) is -1.75. The highest BCUT2D eigenvalue weighted by Gasteiger charge is 2.15. The number of carbonyl (C=O) groups is 3. The first-order valence-corrected chi connectivity index (χ1v) is 6.76. The third-order valence-corrected chi connectivity index (χ3v) is 2.53. The fourth-order valence-electron chi connectivity index (χ4n) is 1.24. The minimum Gasteiger partial charge on any atom is -0.477 e. The second kappa shape index (κ2) is 8.09. The molecule has 0 amide bonds. The molecule has 0 bridgehead atoms. The van der Waals surface area contributed by atoms with Crippen LogP contribution in [0.25, 0.3) is 0 Å². The van der Waals surface area contributed by atoms with Crippen molar-refractivity contribution in [2.24, 2.45) is 0 Å². The van der Waals surface area contributed by atoms with Crippen LogP contribution in [0.4, 0.5) is 0 Å². The molecule has 0 aliphatic rings. The molecule has 6 heteroatoms. The van der Waals surface area contributed by atoms with Crippen LogP contribution in [-0.2, 0) is 19.1 Å². The van der Waals surface area contributed by atoms with E-state index in [9.17, 15) is 14.4 Å². The number of aliphatic carboxylic acids is 1. The Kier molecular flexibility index (Phi) is 7.59. The first-order chi connectivity index (χ1) is 8.61. The van der Waals surface area contributed by atoms with Gasteiger partial charge in [0.1, 0.15) is 10.1 Å². The van der Waals surface area contributed by atoms with Gasteiger partial charge in [0, 0.05) is 18.9 Å². The maximum atomic E-state index is 11.4. The van der Waals surface area contributed by atoms with E-state index < -0.39 is 11.6 Å². The number of carbonyl (C=O) groups excluding carboxylic acids is 2. The third kappa shape index (κ3) is 10.4. The van der Waals surface area contributed by atoms with Gasteiger partial charge in [-0.2, -0.15) is 0 Å². The molecule has 0 aliphatic heterocycles. The SMILES string of the molecule is CC(C)(C)OC(=O)CCCCC(=O)/C=C(/Br)C(=O)O. The first kappa shape index (κ1) is 17.8. The minimum absolute atomic E-state index is 0.162. The highest BCUT2D eigenvalue weighted by molar-refractivity contribution is 9.12. The third-order valence-electron chi connectivity index (χ3n) is 1.97. The van der Waals surface area contributed by atoms with Crippen molar-refractivity contribution in [2.75, 3.05) is 0 Å². The number of carboxylic acid groups (broad SMARTS) is 1. The molecule has 0 unspecified atom stereocenters. The normalized spacial score (nSPS) is 12.1. The lowest BCUT2D eigenvalue weighted by atomic mass is 10.1. The number of rotatable bonds is 7. The van der Waals surface area contributed by atoms with Crippen LogP contribution in [0.15, 0.2) is 10.6 Å². The number of ether oxygens (including phenoxy) is 1. The zero-order valence-corrected chi connectivity index (χ0v) is 12.9. The van der Waals surface area contributed by atoms with Gasteiger partial charge in [-0.25, -0.2) is 4.79 Å². The maximum absolute atomic E-state index is 11.4. The lowest BCUT2D eigenvalue weighted by Crippen LogP contribution is -2.23. The van der Waals surface area contributed by atoms with E-state index in [2.05, 4.69) is 15.9 Å². The van der Waals surface area contributed by atoms with E-state index in [-0.39, 0.29) is 29.1 Å². The van der Waals surface area contributed by atoms with Gasteiger partial charge < -0.3 is 9.84 Å². The quantitative estimate of drug-likeness (QED) is 0.440. The summed E-state index contributed by atoms with van der Waals surface area (Å²) in [6.07, 6.45) is 2.57. The second-order valence-electron chi connectivity index (χ2n) is 5.06. The lowest BCUT2D eigenvalue weighted by Gasteiger charge is -2.19. The molecule has 0 atom stereocenters. The zero-order chi connectivity index (χ0) is 15.1. The van der Waals surface area contributed by atoms with Gasteiger partial charge in [-0.1, -0.05) is 0 Å². The van der Waals surface area contributed by atoms with Crippen LogP contribution >= 0.6 is 15.9 Å². The van der Waals surface area contributed by atoms with Gasteiger partial charge >= 0.3 is 11.9 Å². The zero-order valence-electron chi connectivity index (χ0n) is 11.4. The summed E-state index contributed by atoms with van der Waals surface area (Å²) >= 11 is 2.77. The number of allylic oxidation sites excluding steroid dienone is 1. The molecule has 0 saturated heterocycles. The Morgan fingerprint density at radius 3 is 2.16 bits per heavy atom. The van der Waals surface area contributed by atoms with Gasteiger partial charge in [-0.05, 0) is 49.5 Å². The van der Waals surface area contributed by atoms with Crippen LogP contribution in [0, 0.1) is 0 Å². The maximum Gasteiger partial charge on any atom is 0.342 e. The van der Waals surface area contributed by atoms with Crippen LogP contribution in [0.1, 0.15) is 46.5 Å². The molecular formula is C13H19BrO5. The van der Waals surface area contributed by atoms with Crippen molar-refractivity contribution in [3.05, 3.63) is 10.6 Å². The average Bonchev–Trinajstić information content (AvgIpc) is 2.21. The van der Waals surface area contributed by atoms with Crippen LogP contribution in [0.5, 0.6) is 0 Å². The Balaban J connectivity index is 3.88. The van der Waals surface area contributed by atoms with Gasteiger partial charge in [0.05, 0.1) is 0 Å². The Morgan fingerprint density at radius 2 is 1.68 bits per heavy atom. The first-order valence-electron chi connectivity index (χ1n) is 5.97. The van der Waals surface area contributed by atoms with E-state index in [1.165, 1.54) is 0 Å². The summed E-state index contributed by atoms with van der Waals surface area (Å²) in [5, 5.41) is 8.55. The van der Waals surface area contributed by atoms with Crippen LogP contribution in [0.2, 0.25) is 0 Å². The summed E-state index contributed by atoms with van der Waals surface area (Å²) in [7, 11) is 0. The van der Waals surface area contributed by atoms with Gasteiger partial charge in [0.15, 0.2) is 5.78 Å². The Labute approximate surface area is 121 Å². The molecule has 0 aliphatic carbocycles. The summed E-state index contributed by atoms with van der Waals surface area (Å²) in [6.45, 7) is 5.38. The topological polar surface area (TPSA) is 80.7 Å². The van der Waals surface area contributed by atoms with Crippen molar-refractivity contribution < 1.29 is 24.2 Å². The number of unbranched alkanes of at least 4 members (excludes halogenated alkanes) is 1. The van der Waals surface area contributed by atoms with Gasteiger partial charge in [-0.15, -0.1) is 0 Å². The van der Waals surface area contributed by atoms with Crippen LogP contribution in [-0.4, -0.2) is 28.4 Å². The van der Waals surface area contributed by atoms with Crippen LogP contribution in [0.3, 0.4) is 0 Å². The molecule has 0 fully saturated rings. The molecule has 0 aromatic carbocycles. The highest BCUT2D eigenvalue weighted by Crippen LogP contribution is 2.11. The molecule has 0 spiro atoms.